The minimum absolute atomic E-state index is 0.365. The molecule has 1 atom stereocenters. The predicted molar refractivity (Wildman–Crippen MR) is 72.9 cm³/mol. The van der Waals surface area contributed by atoms with E-state index in [2.05, 4.69) is 10.6 Å². The van der Waals surface area contributed by atoms with E-state index in [1.807, 2.05) is 6.26 Å². The summed E-state index contributed by atoms with van der Waals surface area (Å²) in [7, 11) is 0. The van der Waals surface area contributed by atoms with Crippen molar-refractivity contribution in [2.75, 3.05) is 18.6 Å². The summed E-state index contributed by atoms with van der Waals surface area (Å²) in [6, 6.07) is -1.16. The summed E-state index contributed by atoms with van der Waals surface area (Å²) in [5.41, 5.74) is 0. The van der Waals surface area contributed by atoms with Gasteiger partial charge in [0.2, 0.25) is 0 Å². The van der Waals surface area contributed by atoms with E-state index in [-0.39, 0.29) is 6.03 Å². The third kappa shape index (κ3) is 5.62. The number of hydrogen-bond donors (Lipinski definition) is 3. The molecule has 0 aliphatic heterocycles. The topological polar surface area (TPSA) is 78.4 Å². The van der Waals surface area contributed by atoms with Crippen LogP contribution in [0, 0.1) is 5.92 Å². The smallest absolute Gasteiger partial charge is 0.326 e. The molecule has 0 unspecified atom stereocenters. The van der Waals surface area contributed by atoms with Crippen LogP contribution in [0.15, 0.2) is 0 Å². The molecule has 0 radical (unpaired) electrons. The summed E-state index contributed by atoms with van der Waals surface area (Å²) < 4.78 is 0. The average molecular weight is 274 g/mol. The molecule has 0 spiro atoms. The van der Waals surface area contributed by atoms with Gasteiger partial charge in [0.15, 0.2) is 0 Å². The lowest BCUT2D eigenvalue weighted by molar-refractivity contribution is -0.139. The van der Waals surface area contributed by atoms with E-state index in [1.54, 1.807) is 11.8 Å². The summed E-state index contributed by atoms with van der Waals surface area (Å²) in [6.07, 6.45) is 7.16. The van der Waals surface area contributed by atoms with Gasteiger partial charge in [-0.15, -0.1) is 0 Å². The fourth-order valence-electron chi connectivity index (χ4n) is 2.15. The minimum atomic E-state index is -0.972. The Morgan fingerprint density at radius 1 is 1.39 bits per heavy atom. The third-order valence-electron chi connectivity index (χ3n) is 3.24. The Morgan fingerprint density at radius 3 is 2.61 bits per heavy atom. The molecule has 2 amide bonds. The zero-order chi connectivity index (χ0) is 13.4. The van der Waals surface area contributed by atoms with Gasteiger partial charge in [-0.3, -0.25) is 0 Å². The molecule has 0 saturated heterocycles. The lowest BCUT2D eigenvalue weighted by Gasteiger charge is -2.16. The van der Waals surface area contributed by atoms with Crippen molar-refractivity contribution in [1.82, 2.24) is 10.6 Å². The quantitative estimate of drug-likeness (QED) is 0.660. The van der Waals surface area contributed by atoms with Crippen molar-refractivity contribution in [1.29, 1.82) is 0 Å². The van der Waals surface area contributed by atoms with E-state index >= 15 is 0 Å². The molecule has 0 bridgehead atoms. The third-order valence-corrected chi connectivity index (χ3v) is 3.88. The number of carboxylic acid groups (broad SMARTS) is 1. The van der Waals surface area contributed by atoms with Gasteiger partial charge in [0, 0.05) is 6.54 Å². The summed E-state index contributed by atoms with van der Waals surface area (Å²) in [4.78, 5) is 22.5. The van der Waals surface area contributed by atoms with Crippen molar-refractivity contribution in [2.45, 2.75) is 38.1 Å². The van der Waals surface area contributed by atoms with Gasteiger partial charge in [0.05, 0.1) is 0 Å². The van der Waals surface area contributed by atoms with Crippen LogP contribution >= 0.6 is 11.8 Å². The minimum Gasteiger partial charge on any atom is -0.480 e. The molecule has 5 nitrogen and oxygen atoms in total. The van der Waals surface area contributed by atoms with E-state index in [9.17, 15) is 9.59 Å². The molecule has 1 rings (SSSR count). The molecule has 1 fully saturated rings. The summed E-state index contributed by atoms with van der Waals surface area (Å²) in [5, 5.41) is 14.3. The molecular weight excluding hydrogens is 252 g/mol. The first kappa shape index (κ1) is 15.1. The SMILES string of the molecule is CSCC[C@@H](NC(=O)NCC1CCCC1)C(=O)O. The van der Waals surface area contributed by atoms with Crippen LogP contribution in [0.4, 0.5) is 4.79 Å². The molecule has 104 valence electrons. The Kier molecular flexibility index (Phi) is 6.93. The maximum absolute atomic E-state index is 11.6. The number of rotatable bonds is 7. The lowest BCUT2D eigenvalue weighted by atomic mass is 10.1. The second-order valence-corrected chi connectivity index (χ2v) is 5.66. The number of amides is 2. The van der Waals surface area contributed by atoms with Crippen LogP contribution in [0.3, 0.4) is 0 Å². The highest BCUT2D eigenvalue weighted by atomic mass is 32.2. The second kappa shape index (κ2) is 8.24. The van der Waals surface area contributed by atoms with Gasteiger partial charge in [0.25, 0.3) is 0 Å². The van der Waals surface area contributed by atoms with Gasteiger partial charge >= 0.3 is 12.0 Å². The van der Waals surface area contributed by atoms with Crippen molar-refractivity contribution in [3.63, 3.8) is 0 Å². The molecule has 3 N–H and O–H groups in total. The monoisotopic (exact) mass is 274 g/mol. The largest absolute Gasteiger partial charge is 0.480 e. The molecule has 0 aromatic carbocycles. The van der Waals surface area contributed by atoms with Crippen molar-refractivity contribution in [3.8, 4) is 0 Å². The Bertz CT molecular complexity index is 280. The van der Waals surface area contributed by atoms with E-state index in [4.69, 9.17) is 5.11 Å². The molecule has 1 aliphatic rings. The molecule has 6 heteroatoms. The number of carbonyl (C=O) groups is 2. The van der Waals surface area contributed by atoms with Gasteiger partial charge in [0.1, 0.15) is 6.04 Å². The van der Waals surface area contributed by atoms with Gasteiger partial charge in [-0.05, 0) is 37.2 Å². The summed E-state index contributed by atoms with van der Waals surface area (Å²) in [6.45, 7) is 0.653. The van der Waals surface area contributed by atoms with Gasteiger partial charge < -0.3 is 15.7 Å². The van der Waals surface area contributed by atoms with Gasteiger partial charge in [-0.1, -0.05) is 12.8 Å². The number of carbonyl (C=O) groups excluding carboxylic acids is 1. The van der Waals surface area contributed by atoms with Crippen LogP contribution in [-0.2, 0) is 4.79 Å². The fraction of sp³-hybridized carbons (Fsp3) is 0.833. The van der Waals surface area contributed by atoms with E-state index in [0.29, 0.717) is 18.9 Å². The van der Waals surface area contributed by atoms with Crippen LogP contribution in [0.25, 0.3) is 0 Å². The number of carboxylic acids is 1. The first-order chi connectivity index (χ1) is 8.63. The van der Waals surface area contributed by atoms with E-state index in [1.165, 1.54) is 12.8 Å². The Balaban J connectivity index is 2.24. The van der Waals surface area contributed by atoms with Crippen molar-refractivity contribution >= 4 is 23.8 Å². The van der Waals surface area contributed by atoms with Gasteiger partial charge in [-0.25, -0.2) is 9.59 Å². The molecule has 0 heterocycles. The number of nitrogens with one attached hydrogen (secondary N) is 2. The number of thioether (sulfide) groups is 1. The average Bonchev–Trinajstić information content (AvgIpc) is 2.84. The lowest BCUT2D eigenvalue weighted by Crippen LogP contribution is -2.47. The van der Waals surface area contributed by atoms with Crippen LogP contribution in [-0.4, -0.2) is 41.7 Å². The Hall–Kier alpha value is -0.910. The van der Waals surface area contributed by atoms with Crippen molar-refractivity contribution < 1.29 is 14.7 Å². The highest BCUT2D eigenvalue weighted by Crippen LogP contribution is 2.23. The Morgan fingerprint density at radius 2 is 2.06 bits per heavy atom. The predicted octanol–water partition coefficient (Wildman–Crippen LogP) is 1.68. The van der Waals surface area contributed by atoms with Gasteiger partial charge in [-0.2, -0.15) is 11.8 Å². The molecule has 18 heavy (non-hydrogen) atoms. The van der Waals surface area contributed by atoms with Crippen LogP contribution < -0.4 is 10.6 Å². The molecule has 1 saturated carbocycles. The molecule has 0 aromatic heterocycles. The highest BCUT2D eigenvalue weighted by molar-refractivity contribution is 7.98. The van der Waals surface area contributed by atoms with Crippen LogP contribution in [0.2, 0.25) is 0 Å². The Labute approximate surface area is 112 Å². The van der Waals surface area contributed by atoms with Crippen molar-refractivity contribution in [2.24, 2.45) is 5.92 Å². The zero-order valence-electron chi connectivity index (χ0n) is 10.8. The fourth-order valence-corrected chi connectivity index (χ4v) is 2.63. The van der Waals surface area contributed by atoms with Crippen LogP contribution in [0.5, 0.6) is 0 Å². The zero-order valence-corrected chi connectivity index (χ0v) is 11.6. The number of aliphatic carboxylic acids is 1. The number of hydrogen-bond acceptors (Lipinski definition) is 3. The molecule has 0 aromatic rings. The maximum Gasteiger partial charge on any atom is 0.326 e. The second-order valence-electron chi connectivity index (χ2n) is 4.68. The normalized spacial score (nSPS) is 17.4. The highest BCUT2D eigenvalue weighted by Gasteiger charge is 2.20. The molecular formula is C12H22N2O3S. The standard InChI is InChI=1S/C12H22N2O3S/c1-18-7-6-10(11(15)16)14-12(17)13-8-9-4-2-3-5-9/h9-10H,2-8H2,1H3,(H,15,16)(H2,13,14,17)/t10-/m1/s1. The summed E-state index contributed by atoms with van der Waals surface area (Å²) in [5.74, 6) is 0.310. The maximum atomic E-state index is 11.6. The van der Waals surface area contributed by atoms with Crippen molar-refractivity contribution in [3.05, 3.63) is 0 Å². The van der Waals surface area contributed by atoms with E-state index < -0.39 is 12.0 Å². The first-order valence-electron chi connectivity index (χ1n) is 6.39. The van der Waals surface area contributed by atoms with E-state index in [0.717, 1.165) is 18.6 Å². The first-order valence-corrected chi connectivity index (χ1v) is 7.79. The van der Waals surface area contributed by atoms with Crippen LogP contribution in [0.1, 0.15) is 32.1 Å². The molecule has 1 aliphatic carbocycles. The summed E-state index contributed by atoms with van der Waals surface area (Å²) >= 11 is 1.57. The number of urea groups is 1.